The minimum atomic E-state index is 0.696. The van der Waals surface area contributed by atoms with Gasteiger partial charge in [-0.2, -0.15) is 0 Å². The molecule has 0 aromatic carbocycles. The highest BCUT2D eigenvalue weighted by Gasteiger charge is 2.24. The van der Waals surface area contributed by atoms with E-state index in [1.54, 1.807) is 0 Å². The molecule has 0 amide bonds. The second-order valence-corrected chi connectivity index (χ2v) is 5.84. The van der Waals surface area contributed by atoms with E-state index in [2.05, 4.69) is 36.3 Å². The molecule has 0 aliphatic carbocycles. The van der Waals surface area contributed by atoms with E-state index < -0.39 is 0 Å². The lowest BCUT2D eigenvalue weighted by molar-refractivity contribution is 0.0258. The molecule has 0 unspecified atom stereocenters. The van der Waals surface area contributed by atoms with Crippen molar-refractivity contribution in [2.75, 3.05) is 65.7 Å². The smallest absolute Gasteiger partial charge is 0.0701 e. The van der Waals surface area contributed by atoms with Crippen LogP contribution < -0.4 is 10.6 Å². The molecule has 0 atom stereocenters. The first-order valence-corrected chi connectivity index (χ1v) is 9.04. The van der Waals surface area contributed by atoms with Crippen LogP contribution >= 0.6 is 0 Å². The molecular formula is C17H39N3O2. The average Bonchev–Trinajstić information content (AvgIpc) is 2.48. The second kappa shape index (κ2) is 15.7. The van der Waals surface area contributed by atoms with Crippen LogP contribution in [-0.4, -0.2) is 76.6 Å². The number of hydrogen-bond donors (Lipinski definition) is 2. The maximum atomic E-state index is 5.57. The molecule has 2 N–H and O–H groups in total. The fraction of sp³-hybridized carbons (Fsp3) is 1.00. The van der Waals surface area contributed by atoms with Crippen LogP contribution in [-0.2, 0) is 9.47 Å². The molecule has 1 fully saturated rings. The van der Waals surface area contributed by atoms with Gasteiger partial charge in [0.1, 0.15) is 0 Å². The van der Waals surface area contributed by atoms with E-state index in [4.69, 9.17) is 9.47 Å². The van der Waals surface area contributed by atoms with Gasteiger partial charge in [-0.05, 0) is 19.0 Å². The number of ether oxygens (including phenoxy) is 2. The zero-order valence-electron chi connectivity index (χ0n) is 15.5. The first-order chi connectivity index (χ1) is 10.7. The molecule has 5 heteroatoms. The molecular weight excluding hydrogens is 278 g/mol. The highest BCUT2D eigenvalue weighted by atomic mass is 16.5. The van der Waals surface area contributed by atoms with Gasteiger partial charge in [-0.15, -0.1) is 0 Å². The Balaban J connectivity index is 0.00000211. The predicted molar refractivity (Wildman–Crippen MR) is 94.6 cm³/mol. The summed E-state index contributed by atoms with van der Waals surface area (Å²) in [5.41, 5.74) is 0. The van der Waals surface area contributed by atoms with Gasteiger partial charge in [-0.25, -0.2) is 0 Å². The molecule has 1 rings (SSSR count). The van der Waals surface area contributed by atoms with Crippen LogP contribution in [0.3, 0.4) is 0 Å². The van der Waals surface area contributed by atoms with Crippen LogP contribution in [0.2, 0.25) is 0 Å². The fourth-order valence-electron chi connectivity index (χ4n) is 2.22. The number of hydrogen-bond acceptors (Lipinski definition) is 5. The Morgan fingerprint density at radius 1 is 1.05 bits per heavy atom. The Morgan fingerprint density at radius 2 is 1.68 bits per heavy atom. The Hall–Kier alpha value is -0.200. The quantitative estimate of drug-likeness (QED) is 0.505. The van der Waals surface area contributed by atoms with Gasteiger partial charge in [0.25, 0.3) is 0 Å². The van der Waals surface area contributed by atoms with Gasteiger partial charge in [0, 0.05) is 32.2 Å². The van der Waals surface area contributed by atoms with Gasteiger partial charge >= 0.3 is 0 Å². The highest BCUT2D eigenvalue weighted by Crippen LogP contribution is 2.06. The number of nitrogens with zero attached hydrogens (tertiary/aromatic N) is 1. The molecule has 1 heterocycles. The molecule has 0 spiro atoms. The van der Waals surface area contributed by atoms with Crippen LogP contribution in [0.4, 0.5) is 0 Å². The second-order valence-electron chi connectivity index (χ2n) is 5.84. The van der Waals surface area contributed by atoms with E-state index in [0.717, 1.165) is 52.5 Å². The summed E-state index contributed by atoms with van der Waals surface area (Å²) in [7, 11) is 0. The van der Waals surface area contributed by atoms with Crippen molar-refractivity contribution >= 4 is 0 Å². The summed E-state index contributed by atoms with van der Waals surface area (Å²) in [6, 6.07) is 0.696. The largest absolute Gasteiger partial charge is 0.378 e. The normalized spacial score (nSPS) is 15.5. The SMILES string of the molecule is CC.CCNC1CN(CCOCCOCCNCC(C)C)C1. The van der Waals surface area contributed by atoms with Crippen LogP contribution in [0, 0.1) is 5.92 Å². The zero-order valence-corrected chi connectivity index (χ0v) is 15.5. The fourth-order valence-corrected chi connectivity index (χ4v) is 2.22. The first kappa shape index (κ1) is 21.8. The number of nitrogens with one attached hydrogen (secondary N) is 2. The number of likely N-dealkylation sites (tertiary alicyclic amines) is 1. The molecule has 0 saturated carbocycles. The van der Waals surface area contributed by atoms with Crippen LogP contribution in [0.5, 0.6) is 0 Å². The molecule has 134 valence electrons. The van der Waals surface area contributed by atoms with E-state index in [0.29, 0.717) is 25.2 Å². The molecule has 5 nitrogen and oxygen atoms in total. The van der Waals surface area contributed by atoms with Crippen molar-refractivity contribution in [1.29, 1.82) is 0 Å². The molecule has 1 aliphatic rings. The van der Waals surface area contributed by atoms with E-state index >= 15 is 0 Å². The van der Waals surface area contributed by atoms with E-state index in [-0.39, 0.29) is 0 Å². The topological polar surface area (TPSA) is 45.8 Å². The third-order valence-electron chi connectivity index (χ3n) is 3.35. The Kier molecular flexibility index (Phi) is 15.5. The molecule has 0 aromatic rings. The third kappa shape index (κ3) is 12.4. The van der Waals surface area contributed by atoms with Crippen LogP contribution in [0.15, 0.2) is 0 Å². The van der Waals surface area contributed by atoms with Gasteiger partial charge in [0.05, 0.1) is 26.4 Å². The van der Waals surface area contributed by atoms with Crippen molar-refractivity contribution in [3.8, 4) is 0 Å². The summed E-state index contributed by atoms with van der Waals surface area (Å²) >= 11 is 0. The van der Waals surface area contributed by atoms with Crippen molar-refractivity contribution in [3.05, 3.63) is 0 Å². The van der Waals surface area contributed by atoms with Crippen molar-refractivity contribution in [3.63, 3.8) is 0 Å². The maximum absolute atomic E-state index is 5.57. The predicted octanol–water partition coefficient (Wildman–Crippen LogP) is 1.59. The van der Waals surface area contributed by atoms with Gasteiger partial charge in [0.2, 0.25) is 0 Å². The van der Waals surface area contributed by atoms with Gasteiger partial charge in [-0.3, -0.25) is 4.90 Å². The summed E-state index contributed by atoms with van der Waals surface area (Å²) in [6.07, 6.45) is 0. The average molecular weight is 318 g/mol. The lowest BCUT2D eigenvalue weighted by Crippen LogP contribution is -2.58. The van der Waals surface area contributed by atoms with E-state index in [1.807, 2.05) is 13.8 Å². The Morgan fingerprint density at radius 3 is 2.27 bits per heavy atom. The maximum Gasteiger partial charge on any atom is 0.0701 e. The van der Waals surface area contributed by atoms with Crippen molar-refractivity contribution in [2.24, 2.45) is 5.92 Å². The monoisotopic (exact) mass is 317 g/mol. The minimum Gasteiger partial charge on any atom is -0.378 e. The molecule has 0 bridgehead atoms. The van der Waals surface area contributed by atoms with Crippen molar-refractivity contribution < 1.29 is 9.47 Å². The number of likely N-dealkylation sites (N-methyl/N-ethyl adjacent to an activating group) is 1. The first-order valence-electron chi connectivity index (χ1n) is 9.04. The van der Waals surface area contributed by atoms with Gasteiger partial charge in [-0.1, -0.05) is 34.6 Å². The summed E-state index contributed by atoms with van der Waals surface area (Å²) in [6.45, 7) is 20.0. The minimum absolute atomic E-state index is 0.696. The van der Waals surface area contributed by atoms with Gasteiger partial charge in [0.15, 0.2) is 0 Å². The lowest BCUT2D eigenvalue weighted by Gasteiger charge is -2.39. The van der Waals surface area contributed by atoms with Crippen LogP contribution in [0.25, 0.3) is 0 Å². The number of rotatable bonds is 13. The van der Waals surface area contributed by atoms with Crippen LogP contribution in [0.1, 0.15) is 34.6 Å². The van der Waals surface area contributed by atoms with Gasteiger partial charge < -0.3 is 20.1 Å². The standard InChI is InChI=1S/C15H33N3O2.C2H6/c1-4-17-15-12-18(13-15)6-8-20-10-9-19-7-5-16-11-14(2)3;1-2/h14-17H,4-13H2,1-3H3;1-2H3. The zero-order chi connectivity index (χ0) is 16.6. The summed E-state index contributed by atoms with van der Waals surface area (Å²) in [4.78, 5) is 2.42. The van der Waals surface area contributed by atoms with Crippen molar-refractivity contribution in [2.45, 2.75) is 40.7 Å². The molecule has 1 aliphatic heterocycles. The third-order valence-corrected chi connectivity index (χ3v) is 3.35. The molecule has 1 saturated heterocycles. The Labute approximate surface area is 138 Å². The summed E-state index contributed by atoms with van der Waals surface area (Å²) in [5, 5.41) is 6.80. The van der Waals surface area contributed by atoms with E-state index in [1.165, 1.54) is 0 Å². The van der Waals surface area contributed by atoms with E-state index in [9.17, 15) is 0 Å². The molecule has 0 radical (unpaired) electrons. The lowest BCUT2D eigenvalue weighted by atomic mass is 10.1. The van der Waals surface area contributed by atoms with Crippen molar-refractivity contribution in [1.82, 2.24) is 15.5 Å². The summed E-state index contributed by atoms with van der Waals surface area (Å²) < 4.78 is 11.1. The Bertz CT molecular complexity index is 222. The highest BCUT2D eigenvalue weighted by molar-refractivity contribution is 4.84. The molecule has 22 heavy (non-hydrogen) atoms. The molecule has 0 aromatic heterocycles. The summed E-state index contributed by atoms with van der Waals surface area (Å²) in [5.74, 6) is 0.701.